The van der Waals surface area contributed by atoms with Gasteiger partial charge >= 0.3 is 0 Å². The van der Waals surface area contributed by atoms with Gasteiger partial charge in [0.15, 0.2) is 0 Å². The minimum atomic E-state index is -3.29. The summed E-state index contributed by atoms with van der Waals surface area (Å²) in [5.74, 6) is -2.56. The zero-order chi connectivity index (χ0) is 18.4. The number of piperidine rings is 1. The van der Waals surface area contributed by atoms with Gasteiger partial charge in [-0.3, -0.25) is 0 Å². The second-order valence-electron chi connectivity index (χ2n) is 9.07. The smallest absolute Gasteiger partial charge is 0.248 e. The highest BCUT2D eigenvalue weighted by atomic mass is 32.2. The van der Waals surface area contributed by atoms with Gasteiger partial charge < -0.3 is 5.32 Å². The lowest BCUT2D eigenvalue weighted by molar-refractivity contribution is -0.0869. The zero-order valence-corrected chi connectivity index (χ0v) is 16.3. The number of hydrogen-bond acceptors (Lipinski definition) is 3. The van der Waals surface area contributed by atoms with Crippen LogP contribution in [0.1, 0.15) is 66.7 Å². The Morgan fingerprint density at radius 2 is 1.62 bits per heavy atom. The van der Waals surface area contributed by atoms with Crippen LogP contribution < -0.4 is 5.32 Å². The maximum Gasteiger partial charge on any atom is 0.248 e. The van der Waals surface area contributed by atoms with Gasteiger partial charge in [0.1, 0.15) is 0 Å². The van der Waals surface area contributed by atoms with Crippen molar-refractivity contribution in [2.75, 3.05) is 13.1 Å². The first-order valence-electron chi connectivity index (χ1n) is 8.88. The number of nitrogens with one attached hydrogen (secondary N) is 1. The third-order valence-electron chi connectivity index (χ3n) is 5.46. The minimum absolute atomic E-state index is 0.0629. The largest absolute Gasteiger partial charge is 0.311 e. The van der Waals surface area contributed by atoms with E-state index >= 15 is 0 Å². The number of sulfonamides is 1. The number of alkyl halides is 2. The first-order chi connectivity index (χ1) is 10.7. The summed E-state index contributed by atoms with van der Waals surface area (Å²) in [5, 5.41) is 3.54. The molecule has 0 spiro atoms. The predicted octanol–water partition coefficient (Wildman–Crippen LogP) is 3.38. The van der Waals surface area contributed by atoms with E-state index in [1.807, 2.05) is 13.8 Å². The number of hydrogen-bond donors (Lipinski definition) is 1. The molecule has 1 saturated heterocycles. The summed E-state index contributed by atoms with van der Waals surface area (Å²) in [6, 6.07) is 0.264. The van der Waals surface area contributed by atoms with E-state index in [9.17, 15) is 17.2 Å². The van der Waals surface area contributed by atoms with Crippen LogP contribution in [0.3, 0.4) is 0 Å². The molecule has 1 atom stereocenters. The number of halogens is 2. The van der Waals surface area contributed by atoms with Gasteiger partial charge in [-0.2, -0.15) is 0 Å². The van der Waals surface area contributed by atoms with Crippen molar-refractivity contribution >= 4 is 10.0 Å². The van der Waals surface area contributed by atoms with Crippen LogP contribution in [0.5, 0.6) is 0 Å². The molecule has 4 nitrogen and oxygen atoms in total. The van der Waals surface area contributed by atoms with Crippen LogP contribution >= 0.6 is 0 Å². The molecule has 142 valence electrons. The summed E-state index contributed by atoms with van der Waals surface area (Å²) in [4.78, 5) is 0. The summed E-state index contributed by atoms with van der Waals surface area (Å²) in [6.45, 7) is 9.96. The molecule has 0 radical (unpaired) electrons. The second-order valence-corrected chi connectivity index (χ2v) is 11.8. The van der Waals surface area contributed by atoms with Gasteiger partial charge in [0, 0.05) is 38.0 Å². The van der Waals surface area contributed by atoms with Crippen molar-refractivity contribution in [2.45, 2.75) is 89.5 Å². The SMILES string of the molecule is CC1(C)CC(F)(F)CCC1NC1CCN(S(=O)(=O)C(C)(C)C)CC1. The van der Waals surface area contributed by atoms with Gasteiger partial charge in [0.25, 0.3) is 0 Å². The fraction of sp³-hybridized carbons (Fsp3) is 1.00. The normalized spacial score (nSPS) is 29.5. The van der Waals surface area contributed by atoms with Gasteiger partial charge in [-0.25, -0.2) is 21.5 Å². The van der Waals surface area contributed by atoms with Crippen molar-refractivity contribution in [3.63, 3.8) is 0 Å². The molecule has 0 bridgehead atoms. The highest BCUT2D eigenvalue weighted by Gasteiger charge is 2.47. The molecule has 2 aliphatic rings. The summed E-state index contributed by atoms with van der Waals surface area (Å²) in [6.07, 6.45) is 1.79. The quantitative estimate of drug-likeness (QED) is 0.833. The molecule has 2 rings (SSSR count). The van der Waals surface area contributed by atoms with Crippen LogP contribution in [-0.4, -0.2) is 48.6 Å². The average Bonchev–Trinajstić information content (AvgIpc) is 2.40. The van der Waals surface area contributed by atoms with Crippen LogP contribution in [0, 0.1) is 5.41 Å². The van der Waals surface area contributed by atoms with Crippen LogP contribution in [-0.2, 0) is 10.0 Å². The van der Waals surface area contributed by atoms with Gasteiger partial charge in [0.2, 0.25) is 15.9 Å². The predicted molar refractivity (Wildman–Crippen MR) is 92.8 cm³/mol. The summed E-state index contributed by atoms with van der Waals surface area (Å²) >= 11 is 0. The van der Waals surface area contributed by atoms with Crippen LogP contribution in [0.25, 0.3) is 0 Å². The second kappa shape index (κ2) is 6.47. The first kappa shape index (κ1) is 20.0. The number of rotatable bonds is 3. The van der Waals surface area contributed by atoms with E-state index in [0.29, 0.717) is 19.5 Å². The average molecular weight is 367 g/mol. The topological polar surface area (TPSA) is 49.4 Å². The molecule has 2 fully saturated rings. The molecular formula is C17H32F2N2O2S. The summed E-state index contributed by atoms with van der Waals surface area (Å²) in [5.41, 5.74) is -0.448. The highest BCUT2D eigenvalue weighted by Crippen LogP contribution is 2.44. The lowest BCUT2D eigenvalue weighted by Gasteiger charge is -2.45. The maximum absolute atomic E-state index is 13.6. The molecule has 0 aromatic carbocycles. The van der Waals surface area contributed by atoms with Gasteiger partial charge in [0.05, 0.1) is 4.75 Å². The van der Waals surface area contributed by atoms with E-state index < -0.39 is 26.1 Å². The Hall–Kier alpha value is -0.270. The summed E-state index contributed by atoms with van der Waals surface area (Å²) < 4.78 is 53.1. The highest BCUT2D eigenvalue weighted by molar-refractivity contribution is 7.90. The van der Waals surface area contributed by atoms with Crippen molar-refractivity contribution in [1.82, 2.24) is 9.62 Å². The molecule has 24 heavy (non-hydrogen) atoms. The molecule has 0 aromatic heterocycles. The summed E-state index contributed by atoms with van der Waals surface area (Å²) in [7, 11) is -3.29. The lowest BCUT2D eigenvalue weighted by Crippen LogP contribution is -2.55. The molecule has 1 N–H and O–H groups in total. The molecule has 1 heterocycles. The van der Waals surface area contributed by atoms with E-state index in [4.69, 9.17) is 0 Å². The minimum Gasteiger partial charge on any atom is -0.311 e. The van der Waals surface area contributed by atoms with E-state index in [1.165, 1.54) is 0 Å². The Balaban J connectivity index is 1.92. The van der Waals surface area contributed by atoms with Crippen molar-refractivity contribution in [3.05, 3.63) is 0 Å². The third-order valence-corrected chi connectivity index (χ3v) is 8.05. The van der Waals surface area contributed by atoms with E-state index in [0.717, 1.165) is 12.8 Å². The molecule has 7 heteroatoms. The fourth-order valence-corrected chi connectivity index (χ4v) is 5.33. The Bertz CT molecular complexity index is 547. The first-order valence-corrected chi connectivity index (χ1v) is 10.3. The Labute approximate surface area is 145 Å². The van der Waals surface area contributed by atoms with Crippen molar-refractivity contribution in [1.29, 1.82) is 0 Å². The van der Waals surface area contributed by atoms with E-state index in [-0.39, 0.29) is 24.9 Å². The van der Waals surface area contributed by atoms with Crippen molar-refractivity contribution in [2.24, 2.45) is 5.41 Å². The zero-order valence-electron chi connectivity index (χ0n) is 15.5. The molecule has 0 amide bonds. The standard InChI is InChI=1S/C17H32F2N2O2S/c1-15(2,3)24(22,23)21-10-7-13(8-11-21)20-14-6-9-17(18,19)12-16(14,4)5/h13-14,20H,6-12H2,1-5H3. The molecule has 1 unspecified atom stereocenters. The van der Waals surface area contributed by atoms with Gasteiger partial charge in [-0.05, 0) is 45.4 Å². The molecule has 0 aromatic rings. The van der Waals surface area contributed by atoms with Gasteiger partial charge in [-0.15, -0.1) is 0 Å². The van der Waals surface area contributed by atoms with E-state index in [1.54, 1.807) is 25.1 Å². The van der Waals surface area contributed by atoms with Crippen molar-refractivity contribution < 1.29 is 17.2 Å². The monoisotopic (exact) mass is 366 g/mol. The Kier molecular flexibility index (Phi) is 5.40. The molecule has 1 saturated carbocycles. The van der Waals surface area contributed by atoms with Crippen LogP contribution in [0.2, 0.25) is 0 Å². The van der Waals surface area contributed by atoms with Crippen molar-refractivity contribution in [3.8, 4) is 0 Å². The molecule has 1 aliphatic heterocycles. The number of nitrogens with zero attached hydrogens (tertiary/aromatic N) is 1. The van der Waals surface area contributed by atoms with Crippen LogP contribution in [0.15, 0.2) is 0 Å². The fourth-order valence-electron chi connectivity index (χ4n) is 3.87. The lowest BCUT2D eigenvalue weighted by atomic mass is 9.71. The Morgan fingerprint density at radius 3 is 2.08 bits per heavy atom. The van der Waals surface area contributed by atoms with Crippen LogP contribution in [0.4, 0.5) is 8.78 Å². The molecular weight excluding hydrogens is 334 g/mol. The maximum atomic E-state index is 13.6. The third kappa shape index (κ3) is 4.28. The van der Waals surface area contributed by atoms with Gasteiger partial charge in [-0.1, -0.05) is 13.8 Å². The molecule has 1 aliphatic carbocycles. The van der Waals surface area contributed by atoms with E-state index in [2.05, 4.69) is 5.32 Å². The Morgan fingerprint density at radius 1 is 1.08 bits per heavy atom.